The van der Waals surface area contributed by atoms with Crippen molar-refractivity contribution in [1.29, 1.82) is 0 Å². The molecule has 0 heteroatoms. The molecule has 0 amide bonds. The zero-order valence-electron chi connectivity index (χ0n) is 35.5. The molecular weight excluding hydrogens is 745 g/mol. The smallest absolute Gasteiger partial charge is 0.0159 e. The molecule has 2 aliphatic rings. The summed E-state index contributed by atoms with van der Waals surface area (Å²) in [6.45, 7) is 9.67. The first kappa shape index (κ1) is 35.5. The molecule has 0 saturated carbocycles. The van der Waals surface area contributed by atoms with Crippen LogP contribution in [0.4, 0.5) is 0 Å². The van der Waals surface area contributed by atoms with Gasteiger partial charge in [0.25, 0.3) is 0 Å². The second-order valence-corrected chi connectivity index (χ2v) is 18.7. The summed E-state index contributed by atoms with van der Waals surface area (Å²) < 4.78 is 0. The van der Waals surface area contributed by atoms with Crippen LogP contribution in [0.15, 0.2) is 194 Å². The number of rotatable bonds is 3. The Bertz CT molecular complexity index is 3670. The topological polar surface area (TPSA) is 0 Å². The Morgan fingerprint density at radius 1 is 0.258 bits per heavy atom. The highest BCUT2D eigenvalue weighted by Crippen LogP contribution is 2.60. The summed E-state index contributed by atoms with van der Waals surface area (Å²) in [5, 5.41) is 12.9. The van der Waals surface area contributed by atoms with Crippen molar-refractivity contribution in [3.05, 3.63) is 216 Å². The Balaban J connectivity index is 1.13. The van der Waals surface area contributed by atoms with Crippen molar-refractivity contribution < 1.29 is 0 Å². The van der Waals surface area contributed by atoms with Crippen molar-refractivity contribution in [2.45, 2.75) is 38.5 Å². The van der Waals surface area contributed by atoms with Gasteiger partial charge in [-0.3, -0.25) is 0 Å². The van der Waals surface area contributed by atoms with Gasteiger partial charge in [0.2, 0.25) is 0 Å². The molecule has 0 aromatic heterocycles. The Labute approximate surface area is 362 Å². The van der Waals surface area contributed by atoms with E-state index in [9.17, 15) is 0 Å². The Morgan fingerprint density at radius 3 is 1.42 bits per heavy atom. The molecule has 0 saturated heterocycles. The van der Waals surface area contributed by atoms with Crippen LogP contribution in [0.5, 0.6) is 0 Å². The van der Waals surface area contributed by atoms with Gasteiger partial charge in [0.15, 0.2) is 0 Å². The number of hydrogen-bond acceptors (Lipinski definition) is 0. The van der Waals surface area contributed by atoms with Crippen LogP contribution in [0.2, 0.25) is 0 Å². The van der Waals surface area contributed by atoms with Crippen molar-refractivity contribution in [3.63, 3.8) is 0 Å². The predicted molar refractivity (Wildman–Crippen MR) is 265 cm³/mol. The van der Waals surface area contributed by atoms with E-state index in [2.05, 4.69) is 222 Å². The third-order valence-electron chi connectivity index (χ3n) is 14.8. The molecule has 11 aromatic carbocycles. The second-order valence-electron chi connectivity index (χ2n) is 18.7. The molecule has 11 aromatic rings. The molecule has 292 valence electrons. The minimum atomic E-state index is -0.176. The Hall–Kier alpha value is -7.28. The van der Waals surface area contributed by atoms with Crippen LogP contribution in [-0.2, 0) is 10.8 Å². The summed E-state index contributed by atoms with van der Waals surface area (Å²) >= 11 is 0. The standard InChI is InChI=1S/C62H44/c1-61(2)52-30-15-13-28-48(52)58-54(61)33-32-47-51(36-55-59(60(47)58)49-29-14-16-31-53(49)62(55,3)4)57-45-26-11-9-24-43(45)56(44-25-10-12-27-46(44)57)39-20-17-19-37(34-39)50-35-38-18-5-6-21-40(38)41-22-7-8-23-42(41)50/h5-36H,1-4H3. The maximum absolute atomic E-state index is 2.58. The zero-order chi connectivity index (χ0) is 41.5. The van der Waals surface area contributed by atoms with Crippen LogP contribution in [0.1, 0.15) is 49.9 Å². The van der Waals surface area contributed by atoms with E-state index in [0.29, 0.717) is 0 Å². The van der Waals surface area contributed by atoms with E-state index in [1.807, 2.05) is 0 Å². The van der Waals surface area contributed by atoms with Crippen molar-refractivity contribution in [2.75, 3.05) is 0 Å². The van der Waals surface area contributed by atoms with Gasteiger partial charge >= 0.3 is 0 Å². The van der Waals surface area contributed by atoms with Gasteiger partial charge in [0.1, 0.15) is 0 Å². The van der Waals surface area contributed by atoms with Crippen LogP contribution < -0.4 is 0 Å². The van der Waals surface area contributed by atoms with Gasteiger partial charge in [0, 0.05) is 10.8 Å². The van der Waals surface area contributed by atoms with Crippen molar-refractivity contribution >= 4 is 53.9 Å². The molecule has 0 fully saturated rings. The van der Waals surface area contributed by atoms with Crippen LogP contribution in [0.3, 0.4) is 0 Å². The Kier molecular flexibility index (Phi) is 7.23. The lowest BCUT2D eigenvalue weighted by Gasteiger charge is -2.26. The fraction of sp³-hybridized carbons (Fsp3) is 0.0968. The number of hydrogen-bond donors (Lipinski definition) is 0. The summed E-state index contributed by atoms with van der Waals surface area (Å²) in [4.78, 5) is 0. The minimum Gasteiger partial charge on any atom is -0.0619 e. The van der Waals surface area contributed by atoms with Gasteiger partial charge in [-0.25, -0.2) is 0 Å². The lowest BCUT2D eigenvalue weighted by molar-refractivity contribution is 0.660. The van der Waals surface area contributed by atoms with Crippen LogP contribution >= 0.6 is 0 Å². The molecule has 0 unspecified atom stereocenters. The molecule has 0 heterocycles. The average Bonchev–Trinajstić information content (AvgIpc) is 3.69. The molecule has 0 atom stereocenters. The first-order valence-corrected chi connectivity index (χ1v) is 22.1. The van der Waals surface area contributed by atoms with Crippen LogP contribution in [0.25, 0.3) is 109 Å². The molecule has 0 spiro atoms. The Morgan fingerprint density at radius 2 is 0.758 bits per heavy atom. The van der Waals surface area contributed by atoms with Gasteiger partial charge < -0.3 is 0 Å². The highest BCUT2D eigenvalue weighted by Gasteiger charge is 2.42. The summed E-state index contributed by atoms with van der Waals surface area (Å²) in [5.41, 5.74) is 18.5. The molecule has 0 radical (unpaired) electrons. The SMILES string of the molecule is CC1(C)c2ccccc2-c2c1ccc1c(-c3c4ccccc4c(-c4cccc(-c5cc6ccccc6c6ccccc56)c4)c4ccccc34)cc3c(c21)-c1ccccc1C3(C)C. The summed E-state index contributed by atoms with van der Waals surface area (Å²) in [7, 11) is 0. The van der Waals surface area contributed by atoms with E-state index >= 15 is 0 Å². The molecule has 2 aliphatic carbocycles. The molecule has 0 N–H and O–H groups in total. The third-order valence-corrected chi connectivity index (χ3v) is 14.8. The van der Waals surface area contributed by atoms with Gasteiger partial charge in [-0.15, -0.1) is 0 Å². The first-order chi connectivity index (χ1) is 30.3. The molecule has 62 heavy (non-hydrogen) atoms. The van der Waals surface area contributed by atoms with E-state index in [1.54, 1.807) is 0 Å². The number of fused-ring (bicyclic) bond motifs is 14. The van der Waals surface area contributed by atoms with Crippen molar-refractivity contribution in [2.24, 2.45) is 0 Å². The highest BCUT2D eigenvalue weighted by atomic mass is 14.4. The average molecular weight is 789 g/mol. The largest absolute Gasteiger partial charge is 0.0619 e. The molecule has 0 bridgehead atoms. The van der Waals surface area contributed by atoms with Crippen molar-refractivity contribution in [3.8, 4) is 55.6 Å². The van der Waals surface area contributed by atoms with E-state index in [-0.39, 0.29) is 10.8 Å². The fourth-order valence-corrected chi connectivity index (χ4v) is 11.9. The summed E-state index contributed by atoms with van der Waals surface area (Å²) in [6.07, 6.45) is 0. The fourth-order valence-electron chi connectivity index (χ4n) is 11.9. The molecular formula is C62H44. The summed E-state index contributed by atoms with van der Waals surface area (Å²) in [6, 6.07) is 73.4. The highest BCUT2D eigenvalue weighted by molar-refractivity contribution is 6.26. The predicted octanol–water partition coefficient (Wildman–Crippen LogP) is 17.1. The zero-order valence-corrected chi connectivity index (χ0v) is 35.5. The van der Waals surface area contributed by atoms with Gasteiger partial charge in [-0.05, 0) is 150 Å². The normalized spacial score (nSPS) is 14.4. The maximum Gasteiger partial charge on any atom is 0.0159 e. The quantitative estimate of drug-likeness (QED) is 0.124. The summed E-state index contributed by atoms with van der Waals surface area (Å²) in [5.74, 6) is 0. The monoisotopic (exact) mass is 788 g/mol. The van der Waals surface area contributed by atoms with E-state index in [4.69, 9.17) is 0 Å². The second kappa shape index (κ2) is 12.6. The maximum atomic E-state index is 2.58. The van der Waals surface area contributed by atoms with Gasteiger partial charge in [-0.1, -0.05) is 204 Å². The first-order valence-electron chi connectivity index (χ1n) is 22.1. The van der Waals surface area contributed by atoms with E-state index in [1.165, 1.54) is 132 Å². The lowest BCUT2D eigenvalue weighted by atomic mass is 9.77. The van der Waals surface area contributed by atoms with E-state index in [0.717, 1.165) is 0 Å². The van der Waals surface area contributed by atoms with Crippen LogP contribution in [0, 0.1) is 0 Å². The number of benzene rings is 11. The molecule has 0 nitrogen and oxygen atoms in total. The van der Waals surface area contributed by atoms with Gasteiger partial charge in [0.05, 0.1) is 0 Å². The molecule has 13 rings (SSSR count). The third kappa shape index (κ3) is 4.67. The van der Waals surface area contributed by atoms with Crippen molar-refractivity contribution in [1.82, 2.24) is 0 Å². The minimum absolute atomic E-state index is 0.106. The molecule has 0 aliphatic heterocycles. The van der Waals surface area contributed by atoms with E-state index < -0.39 is 0 Å². The lowest BCUT2D eigenvalue weighted by Crippen LogP contribution is -2.15. The van der Waals surface area contributed by atoms with Gasteiger partial charge in [-0.2, -0.15) is 0 Å². The van der Waals surface area contributed by atoms with Crippen LogP contribution in [-0.4, -0.2) is 0 Å².